The van der Waals surface area contributed by atoms with Crippen LogP contribution in [0.2, 0.25) is 5.02 Å². The van der Waals surface area contributed by atoms with Gasteiger partial charge in [-0.1, -0.05) is 54.1 Å². The smallest absolute Gasteiger partial charge is 0.0790 e. The number of aliphatic hydroxyl groups is 1. The van der Waals surface area contributed by atoms with Gasteiger partial charge in [-0.05, 0) is 71.8 Å². The number of unbranched alkanes of at least 4 members (excludes halogenated alkanes) is 1. The lowest BCUT2D eigenvalue weighted by molar-refractivity contribution is -0.255. The second-order valence-corrected chi connectivity index (χ2v) is 7.38. The molecule has 0 aromatic heterocycles. The summed E-state index contributed by atoms with van der Waals surface area (Å²) in [5.74, 6) is -1.18. The van der Waals surface area contributed by atoms with Gasteiger partial charge in [0.2, 0.25) is 0 Å². The van der Waals surface area contributed by atoms with Crippen LogP contribution in [0.15, 0.2) is 72.8 Å². The van der Waals surface area contributed by atoms with E-state index in [2.05, 4.69) is 5.32 Å². The van der Waals surface area contributed by atoms with E-state index in [1.807, 2.05) is 42.5 Å². The van der Waals surface area contributed by atoms with Crippen molar-refractivity contribution in [1.82, 2.24) is 0 Å². The number of carbonyl (C=O) groups is 1. The lowest BCUT2D eigenvalue weighted by atomic mass is 10.0. The third kappa shape index (κ3) is 6.08. The van der Waals surface area contributed by atoms with E-state index in [4.69, 9.17) is 11.6 Å². The topological polar surface area (TPSA) is 72.4 Å². The maximum absolute atomic E-state index is 11.1. The fourth-order valence-electron chi connectivity index (χ4n) is 3.21. The number of hydrogen-bond donors (Lipinski definition) is 2. The number of carbonyl (C=O) groups excluding carboxylic acids is 1. The van der Waals surface area contributed by atoms with Crippen molar-refractivity contribution in [2.24, 2.45) is 0 Å². The third-order valence-electron chi connectivity index (χ3n) is 4.76. The van der Waals surface area contributed by atoms with E-state index in [1.165, 1.54) is 6.07 Å². The molecule has 4 nitrogen and oxygen atoms in total. The summed E-state index contributed by atoms with van der Waals surface area (Å²) in [7, 11) is 0. The van der Waals surface area contributed by atoms with Crippen LogP contribution in [0.5, 0.6) is 0 Å². The van der Waals surface area contributed by atoms with Crippen molar-refractivity contribution < 1.29 is 15.0 Å². The predicted octanol–water partition coefficient (Wildman–Crippen LogP) is 4.69. The van der Waals surface area contributed by atoms with Gasteiger partial charge in [-0.15, -0.1) is 0 Å². The summed E-state index contributed by atoms with van der Waals surface area (Å²) in [5.41, 5.74) is 3.75. The van der Waals surface area contributed by atoms with E-state index < -0.39 is 12.1 Å². The molecule has 0 bridgehead atoms. The molecule has 5 heteroatoms. The second kappa shape index (κ2) is 10.1. The summed E-state index contributed by atoms with van der Waals surface area (Å²) < 4.78 is 0. The van der Waals surface area contributed by atoms with Crippen LogP contribution < -0.4 is 10.4 Å². The Balaban J connectivity index is 1.50. The van der Waals surface area contributed by atoms with Gasteiger partial charge in [0.05, 0.1) is 12.1 Å². The van der Waals surface area contributed by atoms with Gasteiger partial charge >= 0.3 is 0 Å². The SMILES string of the molecule is O=C([O-])c1cccc(-c2cccc(NCCCC[C@H](O)c3cccc(Cl)c3)c2)c1. The van der Waals surface area contributed by atoms with E-state index in [0.717, 1.165) is 41.8 Å². The molecule has 0 heterocycles. The Morgan fingerprint density at radius 3 is 2.45 bits per heavy atom. The Hall–Kier alpha value is -2.82. The number of carboxylic acids is 1. The average molecular weight is 409 g/mol. The van der Waals surface area contributed by atoms with Crippen molar-refractivity contribution in [1.29, 1.82) is 0 Å². The molecule has 29 heavy (non-hydrogen) atoms. The molecule has 0 amide bonds. The molecule has 3 rings (SSSR count). The highest BCUT2D eigenvalue weighted by molar-refractivity contribution is 6.30. The number of hydrogen-bond acceptors (Lipinski definition) is 4. The van der Waals surface area contributed by atoms with Crippen molar-refractivity contribution in [2.75, 3.05) is 11.9 Å². The highest BCUT2D eigenvalue weighted by Gasteiger charge is 2.07. The molecule has 0 aliphatic carbocycles. The van der Waals surface area contributed by atoms with Crippen LogP contribution in [-0.4, -0.2) is 17.6 Å². The summed E-state index contributed by atoms with van der Waals surface area (Å²) in [4.78, 5) is 11.1. The van der Waals surface area contributed by atoms with Crippen LogP contribution in [0.1, 0.15) is 41.3 Å². The number of halogens is 1. The monoisotopic (exact) mass is 408 g/mol. The summed E-state index contributed by atoms with van der Waals surface area (Å²) in [5, 5.41) is 25.3. The zero-order valence-corrected chi connectivity index (χ0v) is 16.7. The van der Waals surface area contributed by atoms with Crippen LogP contribution >= 0.6 is 11.6 Å². The van der Waals surface area contributed by atoms with Crippen molar-refractivity contribution in [3.8, 4) is 11.1 Å². The molecule has 0 aliphatic rings. The Morgan fingerprint density at radius 1 is 0.966 bits per heavy atom. The molecule has 0 saturated carbocycles. The number of carboxylic acid groups (broad SMARTS) is 1. The molecule has 150 valence electrons. The molecule has 1 atom stereocenters. The van der Waals surface area contributed by atoms with Crippen LogP contribution in [-0.2, 0) is 0 Å². The highest BCUT2D eigenvalue weighted by atomic mass is 35.5. The number of anilines is 1. The van der Waals surface area contributed by atoms with Gasteiger partial charge in [0.1, 0.15) is 0 Å². The average Bonchev–Trinajstić information content (AvgIpc) is 2.73. The molecular formula is C24H23ClNO3-. The first-order valence-corrected chi connectivity index (χ1v) is 10.00. The molecule has 3 aromatic carbocycles. The largest absolute Gasteiger partial charge is 0.545 e. The molecule has 0 unspecified atom stereocenters. The lowest BCUT2D eigenvalue weighted by Gasteiger charge is -2.12. The van der Waals surface area contributed by atoms with Gasteiger partial charge in [0.15, 0.2) is 0 Å². The Labute approximate surface area is 175 Å². The van der Waals surface area contributed by atoms with Crippen molar-refractivity contribution in [3.63, 3.8) is 0 Å². The molecule has 0 saturated heterocycles. The van der Waals surface area contributed by atoms with Gasteiger partial charge < -0.3 is 20.3 Å². The molecule has 3 aromatic rings. The molecule has 2 N–H and O–H groups in total. The molecule has 0 spiro atoms. The van der Waals surface area contributed by atoms with E-state index >= 15 is 0 Å². The molecule has 0 aliphatic heterocycles. The number of nitrogens with one attached hydrogen (secondary N) is 1. The number of benzene rings is 3. The minimum absolute atomic E-state index is 0.166. The Morgan fingerprint density at radius 2 is 1.69 bits per heavy atom. The maximum Gasteiger partial charge on any atom is 0.0790 e. The van der Waals surface area contributed by atoms with Gasteiger partial charge in [-0.25, -0.2) is 0 Å². The highest BCUT2D eigenvalue weighted by Crippen LogP contribution is 2.24. The fraction of sp³-hybridized carbons (Fsp3) is 0.208. The second-order valence-electron chi connectivity index (χ2n) is 6.94. The number of aliphatic hydroxyl groups excluding tert-OH is 1. The first-order valence-electron chi connectivity index (χ1n) is 9.62. The summed E-state index contributed by atoms with van der Waals surface area (Å²) in [6.07, 6.45) is 1.97. The Kier molecular flexibility index (Phi) is 7.28. The summed E-state index contributed by atoms with van der Waals surface area (Å²) in [6.45, 7) is 0.783. The van der Waals surface area contributed by atoms with Crippen molar-refractivity contribution in [3.05, 3.63) is 88.9 Å². The number of rotatable bonds is 9. The van der Waals surface area contributed by atoms with E-state index in [0.29, 0.717) is 11.4 Å². The van der Waals surface area contributed by atoms with E-state index in [1.54, 1.807) is 24.3 Å². The first kappa shape index (κ1) is 20.9. The third-order valence-corrected chi connectivity index (χ3v) is 5.00. The Bertz CT molecular complexity index is 974. The van der Waals surface area contributed by atoms with Crippen LogP contribution in [0.4, 0.5) is 5.69 Å². The van der Waals surface area contributed by atoms with Gasteiger partial charge in [-0.2, -0.15) is 0 Å². The van der Waals surface area contributed by atoms with Crippen molar-refractivity contribution in [2.45, 2.75) is 25.4 Å². The summed E-state index contributed by atoms with van der Waals surface area (Å²) in [6, 6.07) is 21.9. The van der Waals surface area contributed by atoms with Crippen LogP contribution in [0, 0.1) is 0 Å². The molecule has 0 radical (unpaired) electrons. The van der Waals surface area contributed by atoms with Crippen LogP contribution in [0.3, 0.4) is 0 Å². The minimum atomic E-state index is -1.18. The van der Waals surface area contributed by atoms with E-state index in [-0.39, 0.29) is 5.56 Å². The van der Waals surface area contributed by atoms with Gasteiger partial charge in [0.25, 0.3) is 0 Å². The lowest BCUT2D eigenvalue weighted by Crippen LogP contribution is -2.22. The zero-order chi connectivity index (χ0) is 20.6. The number of aromatic carboxylic acids is 1. The quantitative estimate of drug-likeness (QED) is 0.504. The summed E-state index contributed by atoms with van der Waals surface area (Å²) >= 11 is 5.97. The first-order chi connectivity index (χ1) is 14.0. The van der Waals surface area contributed by atoms with E-state index in [9.17, 15) is 15.0 Å². The van der Waals surface area contributed by atoms with Gasteiger partial charge in [0, 0.05) is 17.3 Å². The fourth-order valence-corrected chi connectivity index (χ4v) is 3.41. The zero-order valence-electron chi connectivity index (χ0n) is 16.0. The van der Waals surface area contributed by atoms with Crippen LogP contribution in [0.25, 0.3) is 11.1 Å². The normalized spacial score (nSPS) is 11.8. The molecular weight excluding hydrogens is 386 g/mol. The van der Waals surface area contributed by atoms with Crippen molar-refractivity contribution >= 4 is 23.3 Å². The predicted molar refractivity (Wildman–Crippen MR) is 115 cm³/mol. The standard InChI is InChI=1S/C24H24ClNO3/c25-21-10-4-8-19(15-21)23(27)12-1-2-13-26-22-11-5-7-18(16-22)17-6-3-9-20(14-17)24(28)29/h3-11,14-16,23,26-27H,1-2,12-13H2,(H,28,29)/p-1/t23-/m0/s1. The molecule has 0 fully saturated rings. The van der Waals surface area contributed by atoms with Gasteiger partial charge in [-0.3, -0.25) is 0 Å². The minimum Gasteiger partial charge on any atom is -0.545 e. The maximum atomic E-state index is 11.1.